The molecule has 1 aromatic rings. The van der Waals surface area contributed by atoms with E-state index in [0.717, 1.165) is 0 Å². The van der Waals surface area contributed by atoms with E-state index in [0.29, 0.717) is 24.3 Å². The molecule has 0 unspecified atom stereocenters. The molecule has 3 rings (SSSR count). The highest BCUT2D eigenvalue weighted by atomic mass is 32.2. The van der Waals surface area contributed by atoms with Gasteiger partial charge in [-0.15, -0.1) is 0 Å². The second kappa shape index (κ2) is 5.25. The quantitative estimate of drug-likeness (QED) is 0.792. The molecule has 0 atom stereocenters. The van der Waals surface area contributed by atoms with Crippen LogP contribution in [-0.4, -0.2) is 15.0 Å². The molecule has 0 heterocycles. The Morgan fingerprint density at radius 2 is 1.86 bits per heavy atom. The van der Waals surface area contributed by atoms with Crippen LogP contribution in [0, 0.1) is 30.5 Å². The van der Waals surface area contributed by atoms with Crippen molar-refractivity contribution in [3.63, 3.8) is 0 Å². The first-order valence-electron chi connectivity index (χ1n) is 7.44. The van der Waals surface area contributed by atoms with Crippen LogP contribution in [0.3, 0.4) is 0 Å². The molecule has 0 spiro atoms. The lowest BCUT2D eigenvalue weighted by Crippen LogP contribution is -2.31. The van der Waals surface area contributed by atoms with Crippen molar-refractivity contribution in [2.24, 2.45) is 17.8 Å². The van der Waals surface area contributed by atoms with Crippen molar-refractivity contribution in [2.45, 2.75) is 37.5 Å². The summed E-state index contributed by atoms with van der Waals surface area (Å²) < 4.78 is 40.9. The summed E-state index contributed by atoms with van der Waals surface area (Å²) in [5.74, 6) is 1.27. The van der Waals surface area contributed by atoms with E-state index in [1.54, 1.807) is 0 Å². The third-order valence-corrected chi connectivity index (χ3v) is 5.93. The first kappa shape index (κ1) is 14.8. The van der Waals surface area contributed by atoms with Crippen LogP contribution in [0.2, 0.25) is 0 Å². The van der Waals surface area contributed by atoms with Gasteiger partial charge in [-0.05, 0) is 68.1 Å². The predicted octanol–water partition coefficient (Wildman–Crippen LogP) is 2.43. The molecule has 4 nitrogen and oxygen atoms in total. The lowest BCUT2D eigenvalue weighted by atomic mass is 9.99. The Bertz CT molecular complexity index is 617. The van der Waals surface area contributed by atoms with Crippen LogP contribution in [-0.2, 0) is 10.0 Å². The lowest BCUT2D eigenvalue weighted by molar-refractivity contribution is 0.401. The molecule has 0 bridgehead atoms. The van der Waals surface area contributed by atoms with E-state index in [4.69, 9.17) is 5.73 Å². The normalized spacial score (nSPS) is 19.2. The highest BCUT2D eigenvalue weighted by molar-refractivity contribution is 7.89. The summed E-state index contributed by atoms with van der Waals surface area (Å²) in [4.78, 5) is 0.0456. The maximum absolute atomic E-state index is 13.5. The van der Waals surface area contributed by atoms with Crippen LogP contribution in [0.5, 0.6) is 0 Å². The van der Waals surface area contributed by atoms with Crippen molar-refractivity contribution >= 4 is 15.7 Å². The molecule has 0 radical (unpaired) electrons. The average molecular weight is 312 g/mol. The van der Waals surface area contributed by atoms with Gasteiger partial charge in [0.25, 0.3) is 0 Å². The first-order valence-corrected chi connectivity index (χ1v) is 8.92. The van der Waals surface area contributed by atoms with E-state index in [2.05, 4.69) is 4.72 Å². The zero-order chi connectivity index (χ0) is 15.2. The minimum absolute atomic E-state index is 0.0456. The molecule has 0 amide bonds. The summed E-state index contributed by atoms with van der Waals surface area (Å²) >= 11 is 0. The Kier molecular flexibility index (Phi) is 3.69. The van der Waals surface area contributed by atoms with Crippen LogP contribution in [0.4, 0.5) is 10.1 Å². The van der Waals surface area contributed by atoms with Crippen molar-refractivity contribution in [3.8, 4) is 0 Å². The molecule has 0 aromatic heterocycles. The fourth-order valence-electron chi connectivity index (χ4n) is 2.97. The summed E-state index contributed by atoms with van der Waals surface area (Å²) in [6, 6.07) is 2.52. The van der Waals surface area contributed by atoms with Crippen LogP contribution in [0.25, 0.3) is 0 Å². The van der Waals surface area contributed by atoms with Crippen molar-refractivity contribution in [3.05, 3.63) is 23.5 Å². The van der Waals surface area contributed by atoms with Gasteiger partial charge in [0.05, 0.1) is 10.6 Å². The molecule has 2 aliphatic carbocycles. The number of nitrogen functional groups attached to an aromatic ring is 1. The second-order valence-corrected chi connectivity index (χ2v) is 8.10. The predicted molar refractivity (Wildman–Crippen MR) is 79.7 cm³/mol. The third-order valence-electron chi connectivity index (χ3n) is 4.53. The minimum Gasteiger partial charge on any atom is -0.396 e. The van der Waals surface area contributed by atoms with Crippen LogP contribution in [0.1, 0.15) is 31.2 Å². The third kappa shape index (κ3) is 3.21. The Hall–Kier alpha value is -1.14. The average Bonchev–Trinajstić information content (AvgIpc) is 3.27. The number of benzene rings is 1. The van der Waals surface area contributed by atoms with E-state index in [-0.39, 0.29) is 16.1 Å². The zero-order valence-electron chi connectivity index (χ0n) is 12.1. The van der Waals surface area contributed by atoms with Gasteiger partial charge < -0.3 is 5.73 Å². The van der Waals surface area contributed by atoms with Crippen molar-refractivity contribution in [1.29, 1.82) is 0 Å². The van der Waals surface area contributed by atoms with Gasteiger partial charge in [0.1, 0.15) is 5.82 Å². The molecule has 2 saturated carbocycles. The summed E-state index contributed by atoms with van der Waals surface area (Å²) in [6.07, 6.45) is 4.86. The van der Waals surface area contributed by atoms with Crippen molar-refractivity contribution in [2.75, 3.05) is 12.3 Å². The van der Waals surface area contributed by atoms with Crippen molar-refractivity contribution in [1.82, 2.24) is 4.72 Å². The zero-order valence-corrected chi connectivity index (χ0v) is 12.9. The van der Waals surface area contributed by atoms with Gasteiger partial charge >= 0.3 is 0 Å². The molecule has 0 aliphatic heterocycles. The SMILES string of the molecule is Cc1cc(S(=O)(=O)NCC(C2CC2)C2CC2)cc(N)c1F. The molecule has 1 aromatic carbocycles. The maximum Gasteiger partial charge on any atom is 0.240 e. The number of aryl methyl sites for hydroxylation is 1. The number of sulfonamides is 1. The molecular formula is C15H21FN2O2S. The minimum atomic E-state index is -3.63. The fourth-order valence-corrected chi connectivity index (χ4v) is 4.17. The monoisotopic (exact) mass is 312 g/mol. The first-order chi connectivity index (χ1) is 9.88. The van der Waals surface area contributed by atoms with E-state index in [9.17, 15) is 12.8 Å². The number of halogens is 1. The number of nitrogens with two attached hydrogens (primary N) is 1. The van der Waals surface area contributed by atoms with Gasteiger partial charge in [-0.2, -0.15) is 0 Å². The summed E-state index contributed by atoms with van der Waals surface area (Å²) in [5, 5.41) is 0. The van der Waals surface area contributed by atoms with Crippen molar-refractivity contribution < 1.29 is 12.8 Å². The molecule has 116 valence electrons. The van der Waals surface area contributed by atoms with Gasteiger partial charge in [-0.3, -0.25) is 0 Å². The maximum atomic E-state index is 13.5. The number of rotatable bonds is 6. The van der Waals surface area contributed by atoms with E-state index < -0.39 is 15.8 Å². The molecule has 3 N–H and O–H groups in total. The Morgan fingerprint density at radius 3 is 2.33 bits per heavy atom. The Balaban J connectivity index is 1.74. The standard InChI is InChI=1S/C15H21FN2O2S/c1-9-6-12(7-14(17)15(9)16)21(19,20)18-8-13(10-2-3-10)11-4-5-11/h6-7,10-11,13,18H,2-5,8,17H2,1H3. The second-order valence-electron chi connectivity index (χ2n) is 6.33. The molecule has 0 saturated heterocycles. The number of hydrogen-bond donors (Lipinski definition) is 2. The van der Waals surface area contributed by atoms with Gasteiger partial charge in [0, 0.05) is 6.54 Å². The largest absolute Gasteiger partial charge is 0.396 e. The molecule has 2 aliphatic rings. The van der Waals surface area contributed by atoms with Crippen LogP contribution >= 0.6 is 0 Å². The van der Waals surface area contributed by atoms with Gasteiger partial charge in [-0.25, -0.2) is 17.5 Å². The highest BCUT2D eigenvalue weighted by Crippen LogP contribution is 2.48. The molecular weight excluding hydrogens is 291 g/mol. The molecule has 6 heteroatoms. The number of anilines is 1. The molecule has 2 fully saturated rings. The summed E-state index contributed by atoms with van der Waals surface area (Å²) in [7, 11) is -3.63. The summed E-state index contributed by atoms with van der Waals surface area (Å²) in [5.41, 5.74) is 5.64. The lowest BCUT2D eigenvalue weighted by Gasteiger charge is -2.16. The molecule has 21 heavy (non-hydrogen) atoms. The Labute approximate surface area is 125 Å². The van der Waals surface area contributed by atoms with E-state index in [1.807, 2.05) is 0 Å². The number of hydrogen-bond acceptors (Lipinski definition) is 3. The topological polar surface area (TPSA) is 72.2 Å². The van der Waals surface area contributed by atoms with Crippen LogP contribution < -0.4 is 10.5 Å². The van der Waals surface area contributed by atoms with Crippen LogP contribution in [0.15, 0.2) is 17.0 Å². The van der Waals surface area contributed by atoms with Gasteiger partial charge in [0.15, 0.2) is 0 Å². The van der Waals surface area contributed by atoms with E-state index in [1.165, 1.54) is 44.7 Å². The van der Waals surface area contributed by atoms with E-state index >= 15 is 0 Å². The highest BCUT2D eigenvalue weighted by Gasteiger charge is 2.41. The smallest absolute Gasteiger partial charge is 0.240 e. The number of nitrogens with one attached hydrogen (secondary N) is 1. The fraction of sp³-hybridized carbons (Fsp3) is 0.600. The van der Waals surface area contributed by atoms with Gasteiger partial charge in [0.2, 0.25) is 10.0 Å². The van der Waals surface area contributed by atoms with Gasteiger partial charge in [-0.1, -0.05) is 0 Å². The Morgan fingerprint density at radius 1 is 1.29 bits per heavy atom. The summed E-state index contributed by atoms with van der Waals surface area (Å²) in [6.45, 7) is 2.00.